The van der Waals surface area contributed by atoms with Gasteiger partial charge in [-0.2, -0.15) is 13.2 Å². The standard InChI is InChI=1S/C16H16F3NO3/c17-16(18,19)12-4-1-3-11(9-12)14-7-6-13(23-14)10-20-8-2-5-15(21)22/h1,3-4,6-7,9,20H,2,5,8,10H2,(H,21,22). The molecule has 0 aliphatic rings. The van der Waals surface area contributed by atoms with E-state index in [1.807, 2.05) is 0 Å². The summed E-state index contributed by atoms with van der Waals surface area (Å²) < 4.78 is 43.6. The van der Waals surface area contributed by atoms with Crippen LogP contribution in [-0.2, 0) is 17.5 Å². The lowest BCUT2D eigenvalue weighted by Gasteiger charge is -2.07. The van der Waals surface area contributed by atoms with Gasteiger partial charge in [0.2, 0.25) is 0 Å². The van der Waals surface area contributed by atoms with Crippen molar-refractivity contribution >= 4 is 5.97 Å². The van der Waals surface area contributed by atoms with Crippen LogP contribution >= 0.6 is 0 Å². The molecule has 7 heteroatoms. The molecule has 0 radical (unpaired) electrons. The summed E-state index contributed by atoms with van der Waals surface area (Å²) in [4.78, 5) is 10.4. The summed E-state index contributed by atoms with van der Waals surface area (Å²) in [6.07, 6.45) is -3.81. The summed E-state index contributed by atoms with van der Waals surface area (Å²) in [5.74, 6) is 0.0859. The molecule has 0 aliphatic carbocycles. The lowest BCUT2D eigenvalue weighted by molar-refractivity contribution is -0.138. The Balaban J connectivity index is 1.95. The summed E-state index contributed by atoms with van der Waals surface area (Å²) in [7, 11) is 0. The number of carboxylic acid groups (broad SMARTS) is 1. The van der Waals surface area contributed by atoms with E-state index >= 15 is 0 Å². The van der Waals surface area contributed by atoms with Crippen molar-refractivity contribution in [1.82, 2.24) is 5.32 Å². The van der Waals surface area contributed by atoms with Gasteiger partial charge in [0.15, 0.2) is 0 Å². The zero-order valence-corrected chi connectivity index (χ0v) is 12.2. The number of rotatable bonds is 7. The van der Waals surface area contributed by atoms with E-state index in [1.165, 1.54) is 6.07 Å². The van der Waals surface area contributed by atoms with Gasteiger partial charge in [0.1, 0.15) is 11.5 Å². The molecule has 2 N–H and O–H groups in total. The van der Waals surface area contributed by atoms with Crippen LogP contribution in [0.15, 0.2) is 40.8 Å². The number of alkyl halides is 3. The minimum absolute atomic E-state index is 0.0840. The Labute approximate surface area is 130 Å². The maximum atomic E-state index is 12.7. The Morgan fingerprint density at radius 2 is 2.00 bits per heavy atom. The molecule has 0 saturated heterocycles. The van der Waals surface area contributed by atoms with E-state index in [9.17, 15) is 18.0 Å². The number of carboxylic acids is 1. The van der Waals surface area contributed by atoms with Crippen LogP contribution < -0.4 is 5.32 Å². The van der Waals surface area contributed by atoms with E-state index in [1.54, 1.807) is 18.2 Å². The first-order valence-corrected chi connectivity index (χ1v) is 7.05. The average Bonchev–Trinajstić information content (AvgIpc) is 2.95. The minimum atomic E-state index is -4.39. The van der Waals surface area contributed by atoms with Crippen molar-refractivity contribution in [2.45, 2.75) is 25.6 Å². The largest absolute Gasteiger partial charge is 0.481 e. The van der Waals surface area contributed by atoms with Gasteiger partial charge in [0, 0.05) is 12.0 Å². The summed E-state index contributed by atoms with van der Waals surface area (Å²) in [6, 6.07) is 8.24. The molecule has 0 spiro atoms. The summed E-state index contributed by atoms with van der Waals surface area (Å²) in [5.41, 5.74) is -0.364. The molecule has 0 bridgehead atoms. The third-order valence-electron chi connectivity index (χ3n) is 3.18. The van der Waals surface area contributed by atoms with Crippen LogP contribution in [0.1, 0.15) is 24.2 Å². The lowest BCUT2D eigenvalue weighted by Crippen LogP contribution is -2.15. The fraction of sp³-hybridized carbons (Fsp3) is 0.312. The molecule has 4 nitrogen and oxygen atoms in total. The second kappa shape index (κ2) is 7.32. The van der Waals surface area contributed by atoms with E-state index in [2.05, 4.69) is 5.32 Å². The molecule has 0 fully saturated rings. The van der Waals surface area contributed by atoms with E-state index in [0.29, 0.717) is 36.6 Å². The van der Waals surface area contributed by atoms with Crippen molar-refractivity contribution in [3.63, 3.8) is 0 Å². The van der Waals surface area contributed by atoms with Gasteiger partial charge >= 0.3 is 12.1 Å². The number of benzene rings is 1. The summed E-state index contributed by atoms with van der Waals surface area (Å²) >= 11 is 0. The molecule has 0 aliphatic heterocycles. The second-order valence-corrected chi connectivity index (χ2v) is 5.02. The van der Waals surface area contributed by atoms with Gasteiger partial charge in [-0.25, -0.2) is 0 Å². The van der Waals surface area contributed by atoms with Crippen LogP contribution in [0, 0.1) is 0 Å². The third-order valence-corrected chi connectivity index (χ3v) is 3.18. The first-order valence-electron chi connectivity index (χ1n) is 7.05. The number of nitrogens with one attached hydrogen (secondary N) is 1. The lowest BCUT2D eigenvalue weighted by atomic mass is 10.1. The minimum Gasteiger partial charge on any atom is -0.481 e. The summed E-state index contributed by atoms with van der Waals surface area (Å²) in [6.45, 7) is 0.907. The van der Waals surface area contributed by atoms with Crippen molar-refractivity contribution in [2.75, 3.05) is 6.54 Å². The van der Waals surface area contributed by atoms with Crippen molar-refractivity contribution < 1.29 is 27.5 Å². The quantitative estimate of drug-likeness (QED) is 0.757. The predicted octanol–water partition coefficient (Wildman–Crippen LogP) is 3.92. The Morgan fingerprint density at radius 1 is 1.22 bits per heavy atom. The first-order chi connectivity index (χ1) is 10.9. The maximum Gasteiger partial charge on any atom is 0.416 e. The van der Waals surface area contributed by atoms with Gasteiger partial charge in [-0.15, -0.1) is 0 Å². The number of hydrogen-bond donors (Lipinski definition) is 2. The Hall–Kier alpha value is -2.28. The highest BCUT2D eigenvalue weighted by Crippen LogP contribution is 2.32. The van der Waals surface area contributed by atoms with E-state index in [4.69, 9.17) is 9.52 Å². The molecule has 0 amide bonds. The molecule has 124 valence electrons. The molecular weight excluding hydrogens is 311 g/mol. The normalized spacial score (nSPS) is 11.6. The van der Waals surface area contributed by atoms with Crippen LogP contribution in [0.5, 0.6) is 0 Å². The molecule has 1 aromatic heterocycles. The topological polar surface area (TPSA) is 62.5 Å². The highest BCUT2D eigenvalue weighted by Gasteiger charge is 2.30. The second-order valence-electron chi connectivity index (χ2n) is 5.02. The van der Waals surface area contributed by atoms with Gasteiger partial charge in [0.25, 0.3) is 0 Å². The monoisotopic (exact) mass is 327 g/mol. The van der Waals surface area contributed by atoms with Crippen LogP contribution in [0.4, 0.5) is 13.2 Å². The highest BCUT2D eigenvalue weighted by molar-refractivity contribution is 5.66. The number of hydrogen-bond acceptors (Lipinski definition) is 3. The number of carbonyl (C=O) groups is 1. The molecule has 0 unspecified atom stereocenters. The van der Waals surface area contributed by atoms with Crippen LogP contribution in [0.2, 0.25) is 0 Å². The SMILES string of the molecule is O=C(O)CCCNCc1ccc(-c2cccc(C(F)(F)F)c2)o1. The van der Waals surface area contributed by atoms with Crippen LogP contribution in [0.3, 0.4) is 0 Å². The van der Waals surface area contributed by atoms with Gasteiger partial charge in [-0.05, 0) is 37.2 Å². The molecule has 2 rings (SSSR count). The van der Waals surface area contributed by atoms with E-state index < -0.39 is 17.7 Å². The van der Waals surface area contributed by atoms with Gasteiger partial charge < -0.3 is 14.8 Å². The number of aliphatic carboxylic acids is 1. The molecule has 23 heavy (non-hydrogen) atoms. The molecule has 0 saturated carbocycles. The fourth-order valence-corrected chi connectivity index (χ4v) is 2.05. The zero-order valence-electron chi connectivity index (χ0n) is 12.2. The number of furan rings is 1. The third kappa shape index (κ3) is 5.14. The predicted molar refractivity (Wildman–Crippen MR) is 77.7 cm³/mol. The molecule has 1 aromatic carbocycles. The van der Waals surface area contributed by atoms with Gasteiger partial charge in [-0.3, -0.25) is 4.79 Å². The van der Waals surface area contributed by atoms with Gasteiger partial charge in [-0.1, -0.05) is 12.1 Å². The fourth-order valence-electron chi connectivity index (χ4n) is 2.05. The molecule has 2 aromatic rings. The highest BCUT2D eigenvalue weighted by atomic mass is 19.4. The van der Waals surface area contributed by atoms with Crippen molar-refractivity contribution in [1.29, 1.82) is 0 Å². The Kier molecular flexibility index (Phi) is 5.44. The van der Waals surface area contributed by atoms with Crippen LogP contribution in [0.25, 0.3) is 11.3 Å². The molecule has 1 heterocycles. The van der Waals surface area contributed by atoms with E-state index in [0.717, 1.165) is 12.1 Å². The van der Waals surface area contributed by atoms with Crippen LogP contribution in [-0.4, -0.2) is 17.6 Å². The first kappa shape index (κ1) is 17.1. The Bertz CT molecular complexity index is 665. The van der Waals surface area contributed by atoms with Crippen molar-refractivity contribution in [3.8, 4) is 11.3 Å². The van der Waals surface area contributed by atoms with Crippen molar-refractivity contribution in [3.05, 3.63) is 47.7 Å². The number of halogens is 3. The molecule has 0 atom stereocenters. The molecular formula is C16H16F3NO3. The summed E-state index contributed by atoms with van der Waals surface area (Å²) in [5, 5.41) is 11.5. The zero-order chi connectivity index (χ0) is 16.9. The maximum absolute atomic E-state index is 12.7. The van der Waals surface area contributed by atoms with Gasteiger partial charge in [0.05, 0.1) is 12.1 Å². The Morgan fingerprint density at radius 3 is 2.70 bits per heavy atom. The smallest absolute Gasteiger partial charge is 0.416 e. The van der Waals surface area contributed by atoms with Crippen molar-refractivity contribution in [2.24, 2.45) is 0 Å². The average molecular weight is 327 g/mol. The van der Waals surface area contributed by atoms with E-state index in [-0.39, 0.29) is 6.42 Å².